The van der Waals surface area contributed by atoms with E-state index in [1.54, 1.807) is 32.0 Å². The molecule has 0 fully saturated rings. The summed E-state index contributed by atoms with van der Waals surface area (Å²) in [6, 6.07) is 21.2. The third kappa shape index (κ3) is 4.82. The first kappa shape index (κ1) is 21.6. The third-order valence-corrected chi connectivity index (χ3v) is 6.40. The number of thioether (sulfide) groups is 1. The molecule has 0 spiro atoms. The molecule has 1 heterocycles. The minimum Gasteiger partial charge on any atom is -0.497 e. The van der Waals surface area contributed by atoms with Crippen molar-refractivity contribution in [1.29, 1.82) is 0 Å². The fourth-order valence-corrected chi connectivity index (χ4v) is 4.25. The Labute approximate surface area is 194 Å². The van der Waals surface area contributed by atoms with E-state index in [2.05, 4.69) is 10.2 Å². The minimum atomic E-state index is 0.537. The topological polar surface area (TPSA) is 49.2 Å². The first-order valence-electron chi connectivity index (χ1n) is 9.40. The first-order chi connectivity index (χ1) is 15.1. The fraction of sp³-hybridized carbons (Fsp3) is 0.130. The summed E-state index contributed by atoms with van der Waals surface area (Å²) in [5.74, 6) is 2.99. The molecule has 0 saturated heterocycles. The summed E-state index contributed by atoms with van der Waals surface area (Å²) < 4.78 is 12.6. The maximum atomic E-state index is 6.16. The average Bonchev–Trinajstić information content (AvgIpc) is 3.24. The summed E-state index contributed by atoms with van der Waals surface area (Å²) in [4.78, 5) is 0. The molecule has 158 valence electrons. The molecule has 0 unspecified atom stereocenters. The van der Waals surface area contributed by atoms with Gasteiger partial charge in [0.05, 0.1) is 24.3 Å². The van der Waals surface area contributed by atoms with Crippen molar-refractivity contribution in [3.63, 3.8) is 0 Å². The molecule has 31 heavy (non-hydrogen) atoms. The Morgan fingerprint density at radius 2 is 1.45 bits per heavy atom. The molecule has 0 radical (unpaired) electrons. The lowest BCUT2D eigenvalue weighted by Gasteiger charge is -2.12. The highest BCUT2D eigenvalue weighted by atomic mass is 35.5. The predicted molar refractivity (Wildman–Crippen MR) is 126 cm³/mol. The fourth-order valence-electron chi connectivity index (χ4n) is 3.03. The van der Waals surface area contributed by atoms with Gasteiger partial charge < -0.3 is 9.47 Å². The van der Waals surface area contributed by atoms with Gasteiger partial charge in [-0.05, 0) is 66.2 Å². The van der Waals surface area contributed by atoms with Crippen LogP contribution in [0.4, 0.5) is 0 Å². The normalized spacial score (nSPS) is 10.8. The van der Waals surface area contributed by atoms with Crippen molar-refractivity contribution in [2.45, 2.75) is 10.9 Å². The van der Waals surface area contributed by atoms with Crippen LogP contribution in [0.5, 0.6) is 11.5 Å². The molecular weight excluding hydrogens is 453 g/mol. The van der Waals surface area contributed by atoms with Gasteiger partial charge in [0.1, 0.15) is 11.5 Å². The second-order valence-electron chi connectivity index (χ2n) is 6.61. The molecule has 0 atom stereocenters. The van der Waals surface area contributed by atoms with Crippen LogP contribution in [0.25, 0.3) is 17.1 Å². The SMILES string of the molecule is COc1ccc(-c2nnc(SCc3ccc(Cl)c(Cl)c3)n2-c2ccc(OC)cc2)cc1. The Kier molecular flexibility index (Phi) is 6.70. The number of benzene rings is 3. The van der Waals surface area contributed by atoms with Crippen LogP contribution in [0, 0.1) is 0 Å². The van der Waals surface area contributed by atoms with Crippen LogP contribution in [0.1, 0.15) is 5.56 Å². The van der Waals surface area contributed by atoms with Crippen LogP contribution < -0.4 is 9.47 Å². The second-order valence-corrected chi connectivity index (χ2v) is 8.36. The zero-order valence-corrected chi connectivity index (χ0v) is 19.2. The highest BCUT2D eigenvalue weighted by Gasteiger charge is 2.17. The zero-order chi connectivity index (χ0) is 21.8. The minimum absolute atomic E-state index is 0.537. The van der Waals surface area contributed by atoms with Crippen molar-refractivity contribution in [2.24, 2.45) is 0 Å². The molecule has 0 amide bonds. The maximum Gasteiger partial charge on any atom is 0.196 e. The molecule has 8 heteroatoms. The van der Waals surface area contributed by atoms with Crippen molar-refractivity contribution >= 4 is 35.0 Å². The van der Waals surface area contributed by atoms with Crippen LogP contribution >= 0.6 is 35.0 Å². The van der Waals surface area contributed by atoms with Gasteiger partial charge in [-0.3, -0.25) is 4.57 Å². The van der Waals surface area contributed by atoms with Gasteiger partial charge in [0.2, 0.25) is 0 Å². The summed E-state index contributed by atoms with van der Waals surface area (Å²) in [7, 11) is 3.29. The molecule has 0 bridgehead atoms. The lowest BCUT2D eigenvalue weighted by Crippen LogP contribution is -2.00. The summed E-state index contributed by atoms with van der Waals surface area (Å²) >= 11 is 13.8. The molecule has 0 aliphatic rings. The highest BCUT2D eigenvalue weighted by molar-refractivity contribution is 7.98. The summed E-state index contributed by atoms with van der Waals surface area (Å²) in [5.41, 5.74) is 2.92. The van der Waals surface area contributed by atoms with Gasteiger partial charge in [0, 0.05) is 17.0 Å². The van der Waals surface area contributed by atoms with Crippen molar-refractivity contribution in [3.05, 3.63) is 82.3 Å². The van der Waals surface area contributed by atoms with Crippen molar-refractivity contribution < 1.29 is 9.47 Å². The second kappa shape index (κ2) is 9.64. The Bertz CT molecular complexity index is 1180. The molecular formula is C23H19Cl2N3O2S. The maximum absolute atomic E-state index is 6.16. The van der Waals surface area contributed by atoms with Gasteiger partial charge >= 0.3 is 0 Å². The summed E-state index contributed by atoms with van der Waals surface area (Å²) in [6.45, 7) is 0. The first-order valence-corrected chi connectivity index (χ1v) is 11.1. The Balaban J connectivity index is 1.71. The van der Waals surface area contributed by atoms with E-state index in [4.69, 9.17) is 32.7 Å². The van der Waals surface area contributed by atoms with Crippen LogP contribution in [0.3, 0.4) is 0 Å². The van der Waals surface area contributed by atoms with Crippen LogP contribution in [0.15, 0.2) is 71.9 Å². The van der Waals surface area contributed by atoms with Gasteiger partial charge in [-0.2, -0.15) is 0 Å². The molecule has 4 rings (SSSR count). The van der Waals surface area contributed by atoms with Gasteiger partial charge in [-0.15, -0.1) is 10.2 Å². The third-order valence-electron chi connectivity index (χ3n) is 4.66. The van der Waals surface area contributed by atoms with Gasteiger partial charge in [0.25, 0.3) is 0 Å². The molecule has 1 aromatic heterocycles. The Morgan fingerprint density at radius 3 is 2.06 bits per heavy atom. The lowest BCUT2D eigenvalue weighted by molar-refractivity contribution is 0.414. The van der Waals surface area contributed by atoms with Crippen LogP contribution in [-0.2, 0) is 5.75 Å². The van der Waals surface area contributed by atoms with Gasteiger partial charge in [-0.25, -0.2) is 0 Å². The highest BCUT2D eigenvalue weighted by Crippen LogP contribution is 2.32. The van der Waals surface area contributed by atoms with E-state index in [-0.39, 0.29) is 0 Å². The van der Waals surface area contributed by atoms with Crippen molar-refractivity contribution in [3.8, 4) is 28.6 Å². The standard InChI is InChI=1S/C23H19Cl2N3O2S/c1-29-18-8-4-16(5-9-18)22-26-27-23(28(22)17-6-10-19(30-2)11-7-17)31-14-15-3-12-20(24)21(25)13-15/h3-13H,14H2,1-2H3. The zero-order valence-electron chi connectivity index (χ0n) is 16.9. The smallest absolute Gasteiger partial charge is 0.196 e. The van der Waals surface area contributed by atoms with Crippen LogP contribution in [0.2, 0.25) is 10.0 Å². The van der Waals surface area contributed by atoms with Gasteiger partial charge in [-0.1, -0.05) is 41.0 Å². The lowest BCUT2D eigenvalue weighted by atomic mass is 10.2. The van der Waals surface area contributed by atoms with E-state index in [1.165, 1.54) is 0 Å². The Hall–Kier alpha value is -2.67. The van der Waals surface area contributed by atoms with Crippen LogP contribution in [-0.4, -0.2) is 29.0 Å². The number of halogens is 2. The molecule has 5 nitrogen and oxygen atoms in total. The molecule has 4 aromatic rings. The van der Waals surface area contributed by atoms with Crippen molar-refractivity contribution in [1.82, 2.24) is 14.8 Å². The average molecular weight is 472 g/mol. The number of nitrogens with zero attached hydrogens (tertiary/aromatic N) is 3. The molecule has 0 N–H and O–H groups in total. The van der Waals surface area contributed by atoms with E-state index in [1.807, 2.05) is 65.2 Å². The van der Waals surface area contributed by atoms with Gasteiger partial charge in [0.15, 0.2) is 11.0 Å². The number of aromatic nitrogens is 3. The molecule has 3 aromatic carbocycles. The monoisotopic (exact) mass is 471 g/mol. The molecule has 0 aliphatic carbocycles. The van der Waals surface area contributed by atoms with E-state index in [9.17, 15) is 0 Å². The molecule has 0 saturated carbocycles. The quantitative estimate of drug-likeness (QED) is 0.286. The number of methoxy groups -OCH3 is 2. The predicted octanol–water partition coefficient (Wildman–Crippen LogP) is 6.55. The van der Waals surface area contributed by atoms with E-state index < -0.39 is 0 Å². The van der Waals surface area contributed by atoms with E-state index in [0.717, 1.165) is 39.3 Å². The van der Waals surface area contributed by atoms with E-state index in [0.29, 0.717) is 15.8 Å². The van der Waals surface area contributed by atoms with E-state index >= 15 is 0 Å². The molecule has 0 aliphatic heterocycles. The largest absolute Gasteiger partial charge is 0.497 e. The summed E-state index contributed by atoms with van der Waals surface area (Å²) in [6.07, 6.45) is 0. The number of ether oxygens (including phenoxy) is 2. The Morgan fingerprint density at radius 1 is 0.806 bits per heavy atom. The van der Waals surface area contributed by atoms with Crippen molar-refractivity contribution in [2.75, 3.05) is 14.2 Å². The number of rotatable bonds is 7. The summed E-state index contributed by atoms with van der Waals surface area (Å²) in [5, 5.41) is 10.8. The number of hydrogen-bond donors (Lipinski definition) is 0. The number of hydrogen-bond acceptors (Lipinski definition) is 5.